The van der Waals surface area contributed by atoms with Crippen LogP contribution in [0.5, 0.6) is 11.5 Å². The van der Waals surface area contributed by atoms with Crippen molar-refractivity contribution < 1.29 is 23.5 Å². The molecule has 2 heterocycles. The summed E-state index contributed by atoms with van der Waals surface area (Å²) < 4.78 is 24.3. The molecule has 10 heteroatoms. The Labute approximate surface area is 239 Å². The molecular weight excluding hydrogens is 531 g/mol. The lowest BCUT2D eigenvalue weighted by molar-refractivity contribution is -0.133. The second-order valence-electron chi connectivity index (χ2n) is 9.87. The largest absolute Gasteiger partial charge is 0.497 e. The van der Waals surface area contributed by atoms with Crippen LogP contribution in [0.15, 0.2) is 53.9 Å². The summed E-state index contributed by atoms with van der Waals surface area (Å²) in [5.74, 6) is 0.561. The predicted molar refractivity (Wildman–Crippen MR) is 156 cm³/mol. The Kier molecular flexibility index (Phi) is 10.4. The molecule has 0 radical (unpaired) electrons. The lowest BCUT2D eigenvalue weighted by atomic mass is 10.2. The van der Waals surface area contributed by atoms with Crippen LogP contribution in [-0.2, 0) is 17.9 Å². The van der Waals surface area contributed by atoms with E-state index in [9.17, 15) is 14.0 Å². The summed E-state index contributed by atoms with van der Waals surface area (Å²) in [4.78, 5) is 34.0. The Morgan fingerprint density at radius 3 is 2.40 bits per heavy atom. The molecule has 8 nitrogen and oxygen atoms in total. The quantitative estimate of drug-likeness (QED) is 0.318. The van der Waals surface area contributed by atoms with Crippen molar-refractivity contribution >= 4 is 29.0 Å². The average molecular weight is 569 g/mol. The zero-order valence-electron chi connectivity index (χ0n) is 23.3. The molecule has 1 N–H and O–H groups in total. The highest BCUT2D eigenvalue weighted by atomic mass is 32.1. The van der Waals surface area contributed by atoms with Crippen molar-refractivity contribution in [3.05, 3.63) is 75.7 Å². The van der Waals surface area contributed by atoms with E-state index in [1.807, 2.05) is 18.4 Å². The fourth-order valence-electron chi connectivity index (χ4n) is 4.66. The molecule has 3 aromatic rings. The molecule has 1 aromatic heterocycles. The normalized spacial score (nSPS) is 13.2. The molecule has 1 saturated heterocycles. The number of ether oxygens (including phenoxy) is 2. The van der Waals surface area contributed by atoms with Crippen LogP contribution in [0.4, 0.5) is 14.9 Å². The van der Waals surface area contributed by atoms with E-state index in [0.717, 1.165) is 41.9 Å². The molecule has 2 aromatic carbocycles. The maximum Gasteiger partial charge on any atom is 0.322 e. The van der Waals surface area contributed by atoms with Gasteiger partial charge >= 0.3 is 6.03 Å². The van der Waals surface area contributed by atoms with E-state index in [1.54, 1.807) is 58.6 Å². The Morgan fingerprint density at radius 1 is 1.00 bits per heavy atom. The third kappa shape index (κ3) is 7.95. The molecule has 0 bridgehead atoms. The number of rotatable bonds is 12. The van der Waals surface area contributed by atoms with Crippen LogP contribution in [0, 0.1) is 12.7 Å². The van der Waals surface area contributed by atoms with Crippen LogP contribution in [0.25, 0.3) is 0 Å². The molecule has 1 fully saturated rings. The monoisotopic (exact) mass is 568 g/mol. The van der Waals surface area contributed by atoms with Crippen molar-refractivity contribution in [2.45, 2.75) is 32.9 Å². The van der Waals surface area contributed by atoms with E-state index in [1.165, 1.54) is 19.2 Å². The number of carbonyl (C=O) groups excluding carboxylic acids is 2. The van der Waals surface area contributed by atoms with Gasteiger partial charge in [-0.2, -0.15) is 0 Å². The Bertz CT molecular complexity index is 1280. The number of likely N-dealkylation sites (tertiary alicyclic amines) is 1. The Hall–Kier alpha value is -3.63. The summed E-state index contributed by atoms with van der Waals surface area (Å²) in [6, 6.07) is 13.0. The third-order valence-electron chi connectivity index (χ3n) is 7.09. The fraction of sp³-hybridized carbons (Fsp3) is 0.400. The van der Waals surface area contributed by atoms with Gasteiger partial charge in [0.25, 0.3) is 0 Å². The molecule has 0 saturated carbocycles. The van der Waals surface area contributed by atoms with Crippen molar-refractivity contribution in [1.82, 2.24) is 14.7 Å². The molecule has 4 rings (SSSR count). The molecule has 1 aliphatic heterocycles. The van der Waals surface area contributed by atoms with E-state index in [2.05, 4.69) is 10.2 Å². The van der Waals surface area contributed by atoms with Crippen molar-refractivity contribution in [3.63, 3.8) is 0 Å². The first-order valence-corrected chi connectivity index (χ1v) is 14.3. The minimum Gasteiger partial charge on any atom is -0.497 e. The number of anilines is 1. The highest BCUT2D eigenvalue weighted by molar-refractivity contribution is 7.10. The Morgan fingerprint density at radius 2 is 1.75 bits per heavy atom. The molecule has 0 spiro atoms. The number of hydrogen-bond acceptors (Lipinski definition) is 6. The zero-order chi connectivity index (χ0) is 28.5. The number of urea groups is 1. The minimum absolute atomic E-state index is 0.0935. The van der Waals surface area contributed by atoms with Crippen LogP contribution in [0.2, 0.25) is 0 Å². The molecule has 214 valence electrons. The van der Waals surface area contributed by atoms with Crippen LogP contribution < -0.4 is 14.8 Å². The summed E-state index contributed by atoms with van der Waals surface area (Å²) in [7, 11) is 3.09. The number of methoxy groups -OCH3 is 2. The number of nitrogens with zero attached hydrogens (tertiary/aromatic N) is 3. The SMILES string of the molecule is COc1ccc(NC(=O)N(CCN2CCCC2)CC(=O)N(Cc2ccc(F)cc2)Cc2sccc2C)c(OC)c1. The first-order chi connectivity index (χ1) is 19.4. The maximum absolute atomic E-state index is 13.8. The van der Waals surface area contributed by atoms with E-state index in [-0.39, 0.29) is 24.3 Å². The van der Waals surface area contributed by atoms with Gasteiger partial charge < -0.3 is 29.5 Å². The molecule has 0 aliphatic carbocycles. The summed E-state index contributed by atoms with van der Waals surface area (Å²) in [5.41, 5.74) is 2.42. The first-order valence-electron chi connectivity index (χ1n) is 13.4. The number of nitrogens with one attached hydrogen (secondary N) is 1. The maximum atomic E-state index is 13.8. The highest BCUT2D eigenvalue weighted by Gasteiger charge is 2.25. The lowest BCUT2D eigenvalue weighted by Crippen LogP contribution is -2.46. The van der Waals surface area contributed by atoms with Crippen LogP contribution in [0.1, 0.15) is 28.8 Å². The molecule has 1 aliphatic rings. The van der Waals surface area contributed by atoms with E-state index < -0.39 is 0 Å². The standard InChI is InChI=1S/C30H37FN4O4S/c1-22-12-17-40-28(22)20-35(19-23-6-8-24(31)9-7-23)29(36)21-34(16-15-33-13-4-5-14-33)30(37)32-26-11-10-25(38-2)18-27(26)39-3/h6-12,17-18H,4-5,13-16,19-21H2,1-3H3,(H,32,37). The molecule has 0 atom stereocenters. The third-order valence-corrected chi connectivity index (χ3v) is 8.10. The minimum atomic E-state index is -0.384. The zero-order valence-corrected chi connectivity index (χ0v) is 24.1. The van der Waals surface area contributed by atoms with Gasteiger partial charge in [0.2, 0.25) is 5.91 Å². The topological polar surface area (TPSA) is 74.4 Å². The summed E-state index contributed by atoms with van der Waals surface area (Å²) in [6.07, 6.45) is 2.28. The molecule has 40 heavy (non-hydrogen) atoms. The lowest BCUT2D eigenvalue weighted by Gasteiger charge is -2.29. The molecule has 3 amide bonds. The van der Waals surface area contributed by atoms with Crippen molar-refractivity contribution in [2.24, 2.45) is 0 Å². The van der Waals surface area contributed by atoms with Gasteiger partial charge in [-0.1, -0.05) is 12.1 Å². The number of amides is 3. The van der Waals surface area contributed by atoms with E-state index >= 15 is 0 Å². The molecule has 0 unspecified atom stereocenters. The molecular formula is C30H37FN4O4S. The van der Waals surface area contributed by atoms with Crippen LogP contribution in [-0.4, -0.2) is 73.6 Å². The van der Waals surface area contributed by atoms with Crippen LogP contribution >= 0.6 is 11.3 Å². The fourth-order valence-corrected chi connectivity index (χ4v) is 5.58. The van der Waals surface area contributed by atoms with E-state index in [4.69, 9.17) is 9.47 Å². The number of halogens is 1. The highest BCUT2D eigenvalue weighted by Crippen LogP contribution is 2.29. The summed E-state index contributed by atoms with van der Waals surface area (Å²) in [6.45, 7) is 5.71. The van der Waals surface area contributed by atoms with Crippen molar-refractivity contribution in [3.8, 4) is 11.5 Å². The number of aryl methyl sites for hydroxylation is 1. The van der Waals surface area contributed by atoms with Gasteiger partial charge in [-0.3, -0.25) is 4.79 Å². The number of benzene rings is 2. The second-order valence-corrected chi connectivity index (χ2v) is 10.9. The first kappa shape index (κ1) is 29.4. The van der Waals surface area contributed by atoms with Gasteiger partial charge in [0.1, 0.15) is 23.9 Å². The summed E-state index contributed by atoms with van der Waals surface area (Å²) >= 11 is 1.59. The smallest absolute Gasteiger partial charge is 0.322 e. The Balaban J connectivity index is 1.53. The van der Waals surface area contributed by atoms with Gasteiger partial charge in [0, 0.05) is 30.6 Å². The number of hydrogen-bond donors (Lipinski definition) is 1. The van der Waals surface area contributed by atoms with Gasteiger partial charge in [0.15, 0.2) is 0 Å². The van der Waals surface area contributed by atoms with Gasteiger partial charge in [-0.15, -0.1) is 11.3 Å². The van der Waals surface area contributed by atoms with Crippen molar-refractivity contribution in [1.29, 1.82) is 0 Å². The van der Waals surface area contributed by atoms with Gasteiger partial charge in [0.05, 0.1) is 26.5 Å². The average Bonchev–Trinajstić information content (AvgIpc) is 3.63. The van der Waals surface area contributed by atoms with Gasteiger partial charge in [-0.25, -0.2) is 9.18 Å². The van der Waals surface area contributed by atoms with Crippen molar-refractivity contribution in [2.75, 3.05) is 52.3 Å². The van der Waals surface area contributed by atoms with E-state index in [0.29, 0.717) is 43.4 Å². The number of carbonyl (C=O) groups is 2. The second kappa shape index (κ2) is 14.1. The van der Waals surface area contributed by atoms with Gasteiger partial charge in [-0.05, 0) is 79.7 Å². The predicted octanol–water partition coefficient (Wildman–Crippen LogP) is 5.37. The number of thiophene rings is 1. The van der Waals surface area contributed by atoms with Crippen LogP contribution in [0.3, 0.4) is 0 Å². The summed E-state index contributed by atoms with van der Waals surface area (Å²) in [5, 5.41) is 4.92.